The average Bonchev–Trinajstić information content (AvgIpc) is 2.93. The van der Waals surface area contributed by atoms with Crippen molar-refractivity contribution >= 4 is 0 Å². The predicted molar refractivity (Wildman–Crippen MR) is 69.9 cm³/mol. The van der Waals surface area contributed by atoms with E-state index < -0.39 is 0 Å². The average molecular weight is 213 g/mol. The summed E-state index contributed by atoms with van der Waals surface area (Å²) in [4.78, 5) is 0. The fourth-order valence-electron chi connectivity index (χ4n) is 1.50. The molecule has 0 aromatic rings. The van der Waals surface area contributed by atoms with Crippen molar-refractivity contribution in [2.75, 3.05) is 0 Å². The zero-order valence-electron chi connectivity index (χ0n) is 10.6. The first-order valence-corrected chi connectivity index (χ1v) is 6.09. The molecule has 92 valence electrons. The van der Waals surface area contributed by atoms with Crippen molar-refractivity contribution in [2.45, 2.75) is 73.3 Å². The van der Waals surface area contributed by atoms with Crippen LogP contribution in [0.3, 0.4) is 0 Å². The molecule has 2 fully saturated rings. The highest BCUT2D eigenvalue weighted by molar-refractivity contribution is 5.00. The van der Waals surface area contributed by atoms with E-state index in [4.69, 9.17) is 5.73 Å². The second kappa shape index (κ2) is 4.86. The maximum atomic E-state index is 5.79. The maximum Gasteiger partial charge on any atom is 0.0178 e. The highest BCUT2D eigenvalue weighted by Crippen LogP contribution is 2.50. The van der Waals surface area contributed by atoms with E-state index in [9.17, 15) is 0 Å². The molecule has 2 saturated carbocycles. The van der Waals surface area contributed by atoms with Crippen LogP contribution in [0.15, 0.2) is 0 Å². The zero-order chi connectivity index (χ0) is 11.0. The van der Waals surface area contributed by atoms with Gasteiger partial charge in [0.2, 0.25) is 0 Å². The van der Waals surface area contributed by atoms with Crippen LogP contribution in [0.5, 0.6) is 0 Å². The van der Waals surface area contributed by atoms with Crippen LogP contribution in [0.25, 0.3) is 0 Å². The van der Waals surface area contributed by atoms with Gasteiger partial charge in [0.1, 0.15) is 0 Å². The normalized spacial score (nSPS) is 24.0. The molecule has 0 spiro atoms. The number of nitrogens with two attached hydrogens (primary N) is 1. The summed E-state index contributed by atoms with van der Waals surface area (Å²) in [5.41, 5.74) is 6.79. The molecule has 0 amide bonds. The summed E-state index contributed by atoms with van der Waals surface area (Å²) < 4.78 is 0. The minimum absolute atomic E-state index is 0. The van der Waals surface area contributed by atoms with Crippen LogP contribution < -0.4 is 5.73 Å². The number of rotatable bonds is 2. The Balaban J connectivity index is 0.000000245. The van der Waals surface area contributed by atoms with Crippen LogP contribution >= 0.6 is 0 Å². The minimum atomic E-state index is 0. The maximum absolute atomic E-state index is 5.79. The molecule has 15 heavy (non-hydrogen) atoms. The van der Waals surface area contributed by atoms with Crippen LogP contribution in [0.2, 0.25) is 0 Å². The Bertz CT molecular complexity index is 164. The molecule has 0 aromatic heterocycles. The molecule has 0 aliphatic heterocycles. The van der Waals surface area contributed by atoms with Gasteiger partial charge in [-0.15, -0.1) is 0 Å². The second-order valence-electron chi connectivity index (χ2n) is 6.20. The summed E-state index contributed by atoms with van der Waals surface area (Å²) in [6, 6.07) is 0. The molecule has 2 aliphatic rings. The lowest BCUT2D eigenvalue weighted by Gasteiger charge is -2.10. The van der Waals surface area contributed by atoms with Crippen molar-refractivity contribution in [1.82, 2.24) is 0 Å². The Morgan fingerprint density at radius 1 is 0.867 bits per heavy atom. The van der Waals surface area contributed by atoms with E-state index in [0.29, 0.717) is 5.92 Å². The molecule has 0 radical (unpaired) electrons. The van der Waals surface area contributed by atoms with Gasteiger partial charge in [-0.25, -0.2) is 0 Å². The molecule has 0 bridgehead atoms. The van der Waals surface area contributed by atoms with E-state index in [0.717, 1.165) is 11.3 Å². The Labute approximate surface area is 96.8 Å². The molecule has 0 saturated heterocycles. The molecule has 2 aliphatic carbocycles. The third-order valence-corrected chi connectivity index (χ3v) is 4.41. The Morgan fingerprint density at radius 2 is 1.27 bits per heavy atom. The molecular formula is C14H31N. The standard InChI is InChI=1S/C7H14.C6H13N.CH4/c1-6(2)7(3)4-5-7;1-5(2)6(7)3-4-6;/h6H,4-5H2,1-3H3;5H,3-4,7H2,1-2H3;1H4. The van der Waals surface area contributed by atoms with Crippen LogP contribution in [0, 0.1) is 17.3 Å². The van der Waals surface area contributed by atoms with Crippen LogP contribution in [-0.2, 0) is 0 Å². The van der Waals surface area contributed by atoms with E-state index in [1.165, 1.54) is 25.7 Å². The fraction of sp³-hybridized carbons (Fsp3) is 1.00. The van der Waals surface area contributed by atoms with Crippen LogP contribution in [0.1, 0.15) is 67.7 Å². The fourth-order valence-corrected chi connectivity index (χ4v) is 1.50. The molecule has 0 unspecified atom stereocenters. The molecule has 1 heteroatoms. The van der Waals surface area contributed by atoms with Crippen molar-refractivity contribution in [3.63, 3.8) is 0 Å². The van der Waals surface area contributed by atoms with Gasteiger partial charge in [-0.1, -0.05) is 42.0 Å². The Morgan fingerprint density at radius 3 is 1.27 bits per heavy atom. The summed E-state index contributed by atoms with van der Waals surface area (Å²) >= 11 is 0. The minimum Gasteiger partial charge on any atom is -0.325 e. The quantitative estimate of drug-likeness (QED) is 0.730. The van der Waals surface area contributed by atoms with E-state index in [2.05, 4.69) is 34.6 Å². The summed E-state index contributed by atoms with van der Waals surface area (Å²) in [5.74, 6) is 1.60. The van der Waals surface area contributed by atoms with Gasteiger partial charge in [0, 0.05) is 5.54 Å². The van der Waals surface area contributed by atoms with Crippen molar-refractivity contribution in [1.29, 1.82) is 0 Å². The summed E-state index contributed by atoms with van der Waals surface area (Å²) in [5, 5.41) is 0. The van der Waals surface area contributed by atoms with Gasteiger partial charge in [-0.05, 0) is 42.9 Å². The van der Waals surface area contributed by atoms with Gasteiger partial charge in [0.15, 0.2) is 0 Å². The molecule has 0 heterocycles. The lowest BCUT2D eigenvalue weighted by molar-refractivity contribution is 0.397. The van der Waals surface area contributed by atoms with Gasteiger partial charge in [-0.3, -0.25) is 0 Å². The van der Waals surface area contributed by atoms with Crippen molar-refractivity contribution in [3.05, 3.63) is 0 Å². The highest BCUT2D eigenvalue weighted by Gasteiger charge is 2.40. The smallest absolute Gasteiger partial charge is 0.0178 e. The van der Waals surface area contributed by atoms with Gasteiger partial charge in [0.25, 0.3) is 0 Å². The SMILES string of the molecule is C.CC(C)C1(C)CC1.CC(C)C1(N)CC1. The van der Waals surface area contributed by atoms with Crippen molar-refractivity contribution in [3.8, 4) is 0 Å². The molecule has 2 N–H and O–H groups in total. The first-order valence-electron chi connectivity index (χ1n) is 6.09. The van der Waals surface area contributed by atoms with Crippen LogP contribution in [0.4, 0.5) is 0 Å². The first kappa shape index (κ1) is 15.0. The molecule has 0 atom stereocenters. The summed E-state index contributed by atoms with van der Waals surface area (Å²) in [7, 11) is 0. The van der Waals surface area contributed by atoms with Crippen molar-refractivity contribution in [2.24, 2.45) is 23.0 Å². The zero-order valence-corrected chi connectivity index (χ0v) is 10.6. The largest absolute Gasteiger partial charge is 0.325 e. The topological polar surface area (TPSA) is 26.0 Å². The van der Waals surface area contributed by atoms with Crippen molar-refractivity contribution < 1.29 is 0 Å². The third kappa shape index (κ3) is 4.14. The van der Waals surface area contributed by atoms with Gasteiger partial charge in [-0.2, -0.15) is 0 Å². The van der Waals surface area contributed by atoms with Gasteiger partial charge >= 0.3 is 0 Å². The monoisotopic (exact) mass is 213 g/mol. The van der Waals surface area contributed by atoms with E-state index in [1.807, 2.05) is 0 Å². The number of hydrogen-bond donors (Lipinski definition) is 1. The lowest BCUT2D eigenvalue weighted by atomic mass is 9.95. The van der Waals surface area contributed by atoms with Gasteiger partial charge < -0.3 is 5.73 Å². The molecule has 0 aromatic carbocycles. The molecular weight excluding hydrogens is 182 g/mol. The Hall–Kier alpha value is -0.0400. The molecule has 2 rings (SSSR count). The lowest BCUT2D eigenvalue weighted by Crippen LogP contribution is -2.27. The third-order valence-electron chi connectivity index (χ3n) is 4.41. The van der Waals surface area contributed by atoms with E-state index in [-0.39, 0.29) is 13.0 Å². The summed E-state index contributed by atoms with van der Waals surface area (Å²) in [6.45, 7) is 11.4. The summed E-state index contributed by atoms with van der Waals surface area (Å²) in [6.07, 6.45) is 5.41. The predicted octanol–water partition coefficient (Wildman–Crippen LogP) is 4.21. The van der Waals surface area contributed by atoms with Gasteiger partial charge in [0.05, 0.1) is 0 Å². The van der Waals surface area contributed by atoms with E-state index >= 15 is 0 Å². The molecule has 1 nitrogen and oxygen atoms in total. The highest BCUT2D eigenvalue weighted by atomic mass is 14.8. The Kier molecular flexibility index (Phi) is 4.85. The van der Waals surface area contributed by atoms with Crippen LogP contribution in [-0.4, -0.2) is 5.54 Å². The number of hydrogen-bond acceptors (Lipinski definition) is 1. The first-order chi connectivity index (χ1) is 6.30. The second-order valence-corrected chi connectivity index (χ2v) is 6.20. The van der Waals surface area contributed by atoms with E-state index in [1.54, 1.807) is 0 Å².